The molecule has 4 aromatic rings. The van der Waals surface area contributed by atoms with Crippen molar-refractivity contribution >= 4 is 28.2 Å². The molecule has 212 valence electrons. The van der Waals surface area contributed by atoms with Crippen LogP contribution in [0.2, 0.25) is 38.3 Å². The minimum absolute atomic E-state index is 0.0708. The van der Waals surface area contributed by atoms with Crippen LogP contribution in [0.15, 0.2) is 109 Å². The Morgan fingerprint density at radius 1 is 0.488 bits per heavy atom. The second-order valence-electron chi connectivity index (χ2n) is 12.1. The zero-order valence-electron chi connectivity index (χ0n) is 24.9. The van der Waals surface area contributed by atoms with Gasteiger partial charge in [0.15, 0.2) is 28.2 Å². The van der Waals surface area contributed by atoms with Gasteiger partial charge in [0.25, 0.3) is 0 Å². The highest BCUT2D eigenvalue weighted by Gasteiger charge is 2.32. The van der Waals surface area contributed by atoms with Crippen LogP contribution in [-0.4, -0.2) is 28.2 Å². The molecule has 0 spiro atoms. The number of hydrogen-bond acceptors (Lipinski definition) is 3. The third-order valence-electron chi connectivity index (χ3n) is 7.55. The Morgan fingerprint density at radius 3 is 1.15 bits per heavy atom. The standard InChI is InChI=1S/C36H42O3Si2/c1-40(2,27-11-13-29-19-23-33(24-20-29)35(37)31-15-7-5-8-16-31)39-41(3,4)28-12-14-30-21-25-34(26-22-30)36(38)32-17-9-6-10-18-32/h5-10,15-26H,11-14,27-28H2,1-4H3. The van der Waals surface area contributed by atoms with Gasteiger partial charge in [-0.2, -0.15) is 0 Å². The smallest absolute Gasteiger partial charge is 0.193 e. The van der Waals surface area contributed by atoms with Crippen molar-refractivity contribution in [2.24, 2.45) is 0 Å². The third-order valence-corrected chi connectivity index (χ3v) is 15.1. The molecule has 0 amide bonds. The summed E-state index contributed by atoms with van der Waals surface area (Å²) in [5.41, 5.74) is 5.47. The van der Waals surface area contributed by atoms with Crippen LogP contribution in [0, 0.1) is 0 Å². The highest BCUT2D eigenvalue weighted by Crippen LogP contribution is 2.26. The Bertz CT molecular complexity index is 1300. The minimum Gasteiger partial charge on any atom is -0.455 e. The van der Waals surface area contributed by atoms with Gasteiger partial charge in [0, 0.05) is 22.3 Å². The molecule has 0 aliphatic heterocycles. The van der Waals surface area contributed by atoms with E-state index in [0.717, 1.165) is 60.0 Å². The van der Waals surface area contributed by atoms with Crippen molar-refractivity contribution < 1.29 is 13.7 Å². The van der Waals surface area contributed by atoms with Crippen molar-refractivity contribution in [1.29, 1.82) is 0 Å². The van der Waals surface area contributed by atoms with E-state index in [1.165, 1.54) is 11.1 Å². The van der Waals surface area contributed by atoms with E-state index in [1.54, 1.807) is 0 Å². The average molecular weight is 579 g/mol. The molecule has 5 heteroatoms. The van der Waals surface area contributed by atoms with Crippen LogP contribution in [0.25, 0.3) is 0 Å². The van der Waals surface area contributed by atoms with Gasteiger partial charge < -0.3 is 4.12 Å². The molecule has 0 atom stereocenters. The van der Waals surface area contributed by atoms with Gasteiger partial charge in [-0.15, -0.1) is 0 Å². The number of hydrogen-bond donors (Lipinski definition) is 0. The quantitative estimate of drug-likeness (QED) is 0.111. The van der Waals surface area contributed by atoms with E-state index in [2.05, 4.69) is 50.5 Å². The maximum atomic E-state index is 12.7. The summed E-state index contributed by atoms with van der Waals surface area (Å²) in [5.74, 6) is 0.142. The summed E-state index contributed by atoms with van der Waals surface area (Å²) in [6.07, 6.45) is 4.21. The van der Waals surface area contributed by atoms with Gasteiger partial charge in [0.1, 0.15) is 0 Å². The number of carbonyl (C=O) groups excluding carboxylic acids is 2. The Hall–Kier alpha value is -3.39. The fourth-order valence-corrected chi connectivity index (χ4v) is 14.3. The van der Waals surface area contributed by atoms with Gasteiger partial charge in [0.05, 0.1) is 0 Å². The molecule has 0 aliphatic carbocycles. The van der Waals surface area contributed by atoms with Crippen molar-refractivity contribution in [2.45, 2.75) is 64.0 Å². The van der Waals surface area contributed by atoms with Gasteiger partial charge in [-0.05, 0) is 75.1 Å². The summed E-state index contributed by atoms with van der Waals surface area (Å²) in [5, 5.41) is 0. The first-order valence-electron chi connectivity index (χ1n) is 14.7. The monoisotopic (exact) mass is 578 g/mol. The Morgan fingerprint density at radius 2 is 0.805 bits per heavy atom. The molecule has 41 heavy (non-hydrogen) atoms. The Kier molecular flexibility index (Phi) is 10.4. The third kappa shape index (κ3) is 9.32. The number of rotatable bonds is 14. The van der Waals surface area contributed by atoms with E-state index >= 15 is 0 Å². The van der Waals surface area contributed by atoms with E-state index in [4.69, 9.17) is 4.12 Å². The van der Waals surface area contributed by atoms with Crippen LogP contribution in [-0.2, 0) is 17.0 Å². The van der Waals surface area contributed by atoms with Gasteiger partial charge >= 0.3 is 0 Å². The lowest BCUT2D eigenvalue weighted by Gasteiger charge is -2.34. The molecule has 0 radical (unpaired) electrons. The lowest BCUT2D eigenvalue weighted by Crippen LogP contribution is -2.44. The number of aryl methyl sites for hydroxylation is 2. The van der Waals surface area contributed by atoms with E-state index in [-0.39, 0.29) is 11.6 Å². The molecular weight excluding hydrogens is 537 g/mol. The highest BCUT2D eigenvalue weighted by molar-refractivity contribution is 6.84. The summed E-state index contributed by atoms with van der Waals surface area (Å²) < 4.78 is 6.89. The highest BCUT2D eigenvalue weighted by atomic mass is 28.4. The largest absolute Gasteiger partial charge is 0.455 e. The van der Waals surface area contributed by atoms with Crippen LogP contribution in [0.1, 0.15) is 55.8 Å². The summed E-state index contributed by atoms with van der Waals surface area (Å²) in [4.78, 5) is 25.3. The zero-order valence-corrected chi connectivity index (χ0v) is 26.9. The fraction of sp³-hybridized carbons (Fsp3) is 0.278. The van der Waals surface area contributed by atoms with Crippen LogP contribution in [0.5, 0.6) is 0 Å². The molecule has 0 N–H and O–H groups in total. The summed E-state index contributed by atoms with van der Waals surface area (Å²) in [6, 6.07) is 37.3. The lowest BCUT2D eigenvalue weighted by molar-refractivity contribution is 0.103. The van der Waals surface area contributed by atoms with Gasteiger partial charge in [-0.1, -0.05) is 109 Å². The predicted octanol–water partition coefficient (Wildman–Crippen LogP) is 9.14. The predicted molar refractivity (Wildman–Crippen MR) is 175 cm³/mol. The second kappa shape index (κ2) is 14.0. The van der Waals surface area contributed by atoms with Gasteiger partial charge in [0.2, 0.25) is 0 Å². The van der Waals surface area contributed by atoms with Crippen molar-refractivity contribution in [1.82, 2.24) is 0 Å². The number of carbonyl (C=O) groups is 2. The molecular formula is C36H42O3Si2. The Labute approximate surface area is 247 Å². The molecule has 4 aromatic carbocycles. The molecule has 0 fully saturated rings. The summed E-state index contributed by atoms with van der Waals surface area (Å²) in [6.45, 7) is 9.41. The molecule has 0 saturated carbocycles. The van der Waals surface area contributed by atoms with Crippen molar-refractivity contribution in [3.05, 3.63) is 143 Å². The maximum absolute atomic E-state index is 12.7. The van der Waals surface area contributed by atoms with Gasteiger partial charge in [-0.25, -0.2) is 0 Å². The van der Waals surface area contributed by atoms with E-state index in [1.807, 2.05) is 84.9 Å². The molecule has 4 rings (SSSR count). The van der Waals surface area contributed by atoms with Gasteiger partial charge in [-0.3, -0.25) is 9.59 Å². The van der Waals surface area contributed by atoms with E-state index < -0.39 is 16.6 Å². The van der Waals surface area contributed by atoms with Crippen molar-refractivity contribution in [2.75, 3.05) is 0 Å². The van der Waals surface area contributed by atoms with E-state index in [0.29, 0.717) is 0 Å². The molecule has 0 heterocycles. The number of ketones is 2. The normalized spacial score (nSPS) is 11.8. The van der Waals surface area contributed by atoms with Crippen LogP contribution < -0.4 is 0 Å². The van der Waals surface area contributed by atoms with Crippen LogP contribution in [0.4, 0.5) is 0 Å². The van der Waals surface area contributed by atoms with Crippen LogP contribution >= 0.6 is 0 Å². The lowest BCUT2D eigenvalue weighted by atomic mass is 10.0. The van der Waals surface area contributed by atoms with E-state index in [9.17, 15) is 9.59 Å². The van der Waals surface area contributed by atoms with Crippen molar-refractivity contribution in [3.63, 3.8) is 0 Å². The molecule has 0 aromatic heterocycles. The zero-order chi connectivity index (χ0) is 29.3. The molecule has 0 bridgehead atoms. The first-order chi connectivity index (χ1) is 19.6. The SMILES string of the molecule is C[Si](C)(CCCc1ccc(C(=O)c2ccccc2)cc1)O[Si](C)(C)CCCc1ccc(C(=O)c2ccccc2)cc1. The molecule has 3 nitrogen and oxygen atoms in total. The first-order valence-corrected chi connectivity index (χ1v) is 20.9. The van der Waals surface area contributed by atoms with Crippen molar-refractivity contribution in [3.8, 4) is 0 Å². The molecule has 0 saturated heterocycles. The fourth-order valence-electron chi connectivity index (χ4n) is 5.44. The summed E-state index contributed by atoms with van der Waals surface area (Å²) >= 11 is 0. The Balaban J connectivity index is 1.19. The number of benzene rings is 4. The van der Waals surface area contributed by atoms with Crippen LogP contribution in [0.3, 0.4) is 0 Å². The maximum Gasteiger partial charge on any atom is 0.193 e. The summed E-state index contributed by atoms with van der Waals surface area (Å²) in [7, 11) is -3.55. The second-order valence-corrected chi connectivity index (χ2v) is 21.0. The molecule has 0 unspecified atom stereocenters. The minimum atomic E-state index is -1.78. The molecule has 0 aliphatic rings. The topological polar surface area (TPSA) is 43.4 Å². The average Bonchev–Trinajstić information content (AvgIpc) is 2.97. The first kappa shape index (κ1) is 30.6.